The Balaban J connectivity index is 0.00000208. The lowest BCUT2D eigenvalue weighted by Crippen LogP contribution is -2.32. The van der Waals surface area contributed by atoms with E-state index in [1.54, 1.807) is 0 Å². The molecule has 136 valence electrons. The molecule has 6 nitrogen and oxygen atoms in total. The van der Waals surface area contributed by atoms with Crippen molar-refractivity contribution in [1.29, 1.82) is 0 Å². The van der Waals surface area contributed by atoms with E-state index in [1.165, 1.54) is 23.5 Å². The molecule has 2 fully saturated rings. The quantitative estimate of drug-likeness (QED) is 0.749. The first-order valence-electron chi connectivity index (χ1n) is 7.64. The SMILES string of the molecule is COCCOc1ccc(F)cc1S(=O)(=O)N1C[C@H]2CNC[C@H]2C1.Cl. The number of nitrogens with one attached hydrogen (secondary N) is 1. The monoisotopic (exact) mass is 380 g/mol. The van der Waals surface area contributed by atoms with Crippen LogP contribution in [-0.4, -0.2) is 59.2 Å². The van der Waals surface area contributed by atoms with Gasteiger partial charge in [0, 0.05) is 20.2 Å². The van der Waals surface area contributed by atoms with Crippen molar-refractivity contribution in [1.82, 2.24) is 9.62 Å². The Morgan fingerprint density at radius 3 is 2.54 bits per heavy atom. The van der Waals surface area contributed by atoms with Gasteiger partial charge in [0.05, 0.1) is 6.61 Å². The van der Waals surface area contributed by atoms with E-state index < -0.39 is 15.8 Å². The van der Waals surface area contributed by atoms with E-state index in [-0.39, 0.29) is 29.7 Å². The van der Waals surface area contributed by atoms with E-state index >= 15 is 0 Å². The molecule has 1 N–H and O–H groups in total. The molecule has 0 aromatic heterocycles. The first-order valence-corrected chi connectivity index (χ1v) is 9.08. The van der Waals surface area contributed by atoms with E-state index in [1.807, 2.05) is 0 Å². The summed E-state index contributed by atoms with van der Waals surface area (Å²) >= 11 is 0. The van der Waals surface area contributed by atoms with E-state index in [9.17, 15) is 12.8 Å². The lowest BCUT2D eigenvalue weighted by molar-refractivity contribution is 0.144. The molecule has 2 aliphatic heterocycles. The molecule has 9 heteroatoms. The average Bonchev–Trinajstić information content (AvgIpc) is 3.10. The highest BCUT2D eigenvalue weighted by molar-refractivity contribution is 7.89. The van der Waals surface area contributed by atoms with Crippen LogP contribution in [0.4, 0.5) is 4.39 Å². The highest BCUT2D eigenvalue weighted by Crippen LogP contribution is 2.34. The van der Waals surface area contributed by atoms with Crippen LogP contribution in [0.25, 0.3) is 0 Å². The van der Waals surface area contributed by atoms with Crippen LogP contribution in [0.15, 0.2) is 23.1 Å². The number of halogens is 2. The third kappa shape index (κ3) is 3.83. The van der Waals surface area contributed by atoms with Gasteiger partial charge in [0.15, 0.2) is 0 Å². The van der Waals surface area contributed by atoms with Gasteiger partial charge in [0.1, 0.15) is 23.1 Å². The Hall–Kier alpha value is -0.930. The van der Waals surface area contributed by atoms with Crippen LogP contribution in [0.5, 0.6) is 5.75 Å². The normalized spacial score (nSPS) is 23.8. The zero-order valence-corrected chi connectivity index (χ0v) is 15.0. The zero-order chi connectivity index (χ0) is 16.4. The van der Waals surface area contributed by atoms with Crippen molar-refractivity contribution in [3.8, 4) is 5.75 Å². The maximum absolute atomic E-state index is 13.6. The van der Waals surface area contributed by atoms with Gasteiger partial charge >= 0.3 is 0 Å². The predicted molar refractivity (Wildman–Crippen MR) is 89.6 cm³/mol. The molecule has 2 aliphatic rings. The number of sulfonamides is 1. The highest BCUT2D eigenvalue weighted by Gasteiger charge is 2.42. The maximum Gasteiger partial charge on any atom is 0.246 e. The van der Waals surface area contributed by atoms with Crippen LogP contribution in [0.3, 0.4) is 0 Å². The Morgan fingerprint density at radius 2 is 1.92 bits per heavy atom. The molecule has 0 bridgehead atoms. The van der Waals surface area contributed by atoms with Gasteiger partial charge in [-0.05, 0) is 43.1 Å². The summed E-state index contributed by atoms with van der Waals surface area (Å²) in [7, 11) is -2.24. The van der Waals surface area contributed by atoms with Crippen molar-refractivity contribution in [2.24, 2.45) is 11.8 Å². The predicted octanol–water partition coefficient (Wildman–Crippen LogP) is 1.11. The van der Waals surface area contributed by atoms with Crippen LogP contribution < -0.4 is 10.1 Å². The standard InChI is InChI=1S/C15H21FN2O4S.ClH/c1-21-4-5-22-14-3-2-13(16)6-15(14)23(19,20)18-9-11-7-17-8-12(11)10-18;/h2-3,6,11-12,17H,4-5,7-10H2,1H3;1H/t11-,12+;. The molecule has 1 aromatic carbocycles. The minimum atomic E-state index is -3.77. The zero-order valence-electron chi connectivity index (χ0n) is 13.4. The Bertz CT molecular complexity index is 661. The largest absolute Gasteiger partial charge is 0.490 e. The highest BCUT2D eigenvalue weighted by atomic mass is 35.5. The van der Waals surface area contributed by atoms with E-state index in [4.69, 9.17) is 9.47 Å². The van der Waals surface area contributed by atoms with Crippen LogP contribution >= 0.6 is 12.4 Å². The second-order valence-corrected chi connectivity index (χ2v) is 7.84. The fraction of sp³-hybridized carbons (Fsp3) is 0.600. The molecular formula is C15H22ClFN2O4S. The molecule has 2 saturated heterocycles. The molecule has 0 unspecified atom stereocenters. The van der Waals surface area contributed by atoms with Crippen molar-refractivity contribution < 1.29 is 22.3 Å². The number of benzene rings is 1. The van der Waals surface area contributed by atoms with Gasteiger partial charge in [-0.1, -0.05) is 0 Å². The molecule has 0 saturated carbocycles. The molecule has 1 aromatic rings. The van der Waals surface area contributed by atoms with Crippen molar-refractivity contribution >= 4 is 22.4 Å². The second kappa shape index (κ2) is 7.97. The molecule has 2 atom stereocenters. The Labute approximate surface area is 147 Å². The third-order valence-corrected chi connectivity index (χ3v) is 6.28. The molecule has 0 aliphatic carbocycles. The molecule has 2 heterocycles. The summed E-state index contributed by atoms with van der Waals surface area (Å²) in [5.74, 6) is 0.231. The van der Waals surface area contributed by atoms with Crippen LogP contribution in [-0.2, 0) is 14.8 Å². The lowest BCUT2D eigenvalue weighted by Gasteiger charge is -2.19. The fourth-order valence-electron chi connectivity index (χ4n) is 3.19. The number of hydrogen-bond acceptors (Lipinski definition) is 5. The summed E-state index contributed by atoms with van der Waals surface area (Å²) < 4.78 is 51.2. The lowest BCUT2D eigenvalue weighted by atomic mass is 10.0. The van der Waals surface area contributed by atoms with Gasteiger partial charge in [-0.15, -0.1) is 12.4 Å². The Kier molecular flexibility index (Phi) is 6.44. The summed E-state index contributed by atoms with van der Waals surface area (Å²) in [6, 6.07) is 3.59. The number of ether oxygens (including phenoxy) is 2. The van der Waals surface area contributed by atoms with E-state index in [0.29, 0.717) is 31.5 Å². The second-order valence-electron chi connectivity index (χ2n) is 5.93. The molecular weight excluding hydrogens is 359 g/mol. The van der Waals surface area contributed by atoms with Gasteiger partial charge in [0.25, 0.3) is 0 Å². The maximum atomic E-state index is 13.6. The minimum absolute atomic E-state index is 0. The van der Waals surface area contributed by atoms with Gasteiger partial charge in [-0.25, -0.2) is 12.8 Å². The van der Waals surface area contributed by atoms with Crippen LogP contribution in [0.1, 0.15) is 0 Å². The summed E-state index contributed by atoms with van der Waals surface area (Å²) in [4.78, 5) is -0.110. The number of methoxy groups -OCH3 is 1. The van der Waals surface area contributed by atoms with Crippen molar-refractivity contribution in [3.63, 3.8) is 0 Å². The number of rotatable bonds is 6. The molecule has 0 spiro atoms. The summed E-state index contributed by atoms with van der Waals surface area (Å²) in [5, 5.41) is 3.27. The third-order valence-electron chi connectivity index (χ3n) is 4.42. The van der Waals surface area contributed by atoms with Crippen LogP contribution in [0.2, 0.25) is 0 Å². The van der Waals surface area contributed by atoms with Crippen LogP contribution in [0, 0.1) is 17.7 Å². The number of fused-ring (bicyclic) bond motifs is 1. The summed E-state index contributed by atoms with van der Waals surface area (Å²) in [6.07, 6.45) is 0. The van der Waals surface area contributed by atoms with Crippen molar-refractivity contribution in [2.75, 3.05) is 46.5 Å². The van der Waals surface area contributed by atoms with Crippen molar-refractivity contribution in [2.45, 2.75) is 4.90 Å². The molecule has 3 rings (SSSR count). The van der Waals surface area contributed by atoms with Crippen molar-refractivity contribution in [3.05, 3.63) is 24.0 Å². The van der Waals surface area contributed by atoms with Gasteiger partial charge < -0.3 is 14.8 Å². The van der Waals surface area contributed by atoms with E-state index in [2.05, 4.69) is 5.32 Å². The summed E-state index contributed by atoms with van der Waals surface area (Å²) in [6.45, 7) is 3.13. The van der Waals surface area contributed by atoms with Gasteiger partial charge in [-0.2, -0.15) is 4.31 Å². The fourth-order valence-corrected chi connectivity index (χ4v) is 4.88. The smallest absolute Gasteiger partial charge is 0.246 e. The summed E-state index contributed by atoms with van der Waals surface area (Å²) in [5.41, 5.74) is 0. The van der Waals surface area contributed by atoms with E-state index in [0.717, 1.165) is 19.2 Å². The first-order chi connectivity index (χ1) is 11.0. The Morgan fingerprint density at radius 1 is 1.25 bits per heavy atom. The molecule has 0 radical (unpaired) electrons. The molecule has 0 amide bonds. The minimum Gasteiger partial charge on any atom is -0.490 e. The van der Waals surface area contributed by atoms with Gasteiger partial charge in [0.2, 0.25) is 10.0 Å². The van der Waals surface area contributed by atoms with Gasteiger partial charge in [-0.3, -0.25) is 0 Å². The average molecular weight is 381 g/mol. The number of hydrogen-bond donors (Lipinski definition) is 1. The first kappa shape index (κ1) is 19.4. The topological polar surface area (TPSA) is 67.9 Å². The molecule has 24 heavy (non-hydrogen) atoms. The number of nitrogens with zero attached hydrogens (tertiary/aromatic N) is 1.